The standard InChI is InChI=1S/C20H37O4P/c1-4-5-6-7-8-9-10-11-12-15-18-23-25(21,22)24-20(3)17-14-13-16-19(20)2/h13-14,16-17,19H,4-12,15,18H2,1-3H3,(H,21,22). The first kappa shape index (κ1) is 22.6. The lowest BCUT2D eigenvalue weighted by molar-refractivity contribution is 0.0436. The summed E-state index contributed by atoms with van der Waals surface area (Å²) in [7, 11) is -4.03. The van der Waals surface area contributed by atoms with Crippen LogP contribution in [0, 0.1) is 5.92 Å². The molecule has 0 radical (unpaired) electrons. The number of rotatable bonds is 14. The van der Waals surface area contributed by atoms with Gasteiger partial charge >= 0.3 is 7.82 Å². The molecule has 0 aromatic heterocycles. The molecule has 25 heavy (non-hydrogen) atoms. The molecule has 0 spiro atoms. The van der Waals surface area contributed by atoms with Crippen LogP contribution < -0.4 is 0 Å². The lowest BCUT2D eigenvalue weighted by Gasteiger charge is -2.33. The second-order valence-corrected chi connectivity index (χ2v) is 8.67. The smallest absolute Gasteiger partial charge is 0.302 e. The molecule has 0 saturated carbocycles. The van der Waals surface area contributed by atoms with Crippen molar-refractivity contribution in [2.45, 2.75) is 90.6 Å². The van der Waals surface area contributed by atoms with Crippen molar-refractivity contribution in [3.63, 3.8) is 0 Å². The van der Waals surface area contributed by atoms with Crippen molar-refractivity contribution in [2.24, 2.45) is 5.92 Å². The summed E-state index contributed by atoms with van der Waals surface area (Å²) in [5, 5.41) is 0. The van der Waals surface area contributed by atoms with E-state index >= 15 is 0 Å². The van der Waals surface area contributed by atoms with E-state index in [2.05, 4.69) is 6.92 Å². The second-order valence-electron chi connectivity index (χ2n) is 7.29. The predicted molar refractivity (Wildman–Crippen MR) is 105 cm³/mol. The topological polar surface area (TPSA) is 55.8 Å². The molecule has 0 aromatic carbocycles. The predicted octanol–water partition coefficient (Wildman–Crippen LogP) is 6.56. The molecule has 0 aromatic rings. The van der Waals surface area contributed by atoms with Crippen LogP contribution in [-0.2, 0) is 13.6 Å². The summed E-state index contributed by atoms with van der Waals surface area (Å²) in [6.45, 7) is 6.28. The fraction of sp³-hybridized carbons (Fsp3) is 0.800. The van der Waals surface area contributed by atoms with Gasteiger partial charge in [-0.2, -0.15) is 0 Å². The van der Waals surface area contributed by atoms with Crippen molar-refractivity contribution >= 4 is 7.82 Å². The Kier molecular flexibility index (Phi) is 10.9. The minimum Gasteiger partial charge on any atom is -0.302 e. The molecular formula is C20H37O4P. The zero-order valence-corrected chi connectivity index (χ0v) is 17.2. The van der Waals surface area contributed by atoms with E-state index in [4.69, 9.17) is 9.05 Å². The van der Waals surface area contributed by atoms with Crippen molar-refractivity contribution in [2.75, 3.05) is 6.61 Å². The van der Waals surface area contributed by atoms with Gasteiger partial charge in [0, 0.05) is 5.92 Å². The maximum absolute atomic E-state index is 12.1. The van der Waals surface area contributed by atoms with Gasteiger partial charge in [-0.05, 0) is 13.3 Å². The highest BCUT2D eigenvalue weighted by Gasteiger charge is 2.37. The molecule has 0 fully saturated rings. The quantitative estimate of drug-likeness (QED) is 0.277. The number of unbranched alkanes of at least 4 members (excludes halogenated alkanes) is 9. The Morgan fingerprint density at radius 3 is 2.12 bits per heavy atom. The fourth-order valence-corrected chi connectivity index (χ4v) is 4.11. The lowest BCUT2D eigenvalue weighted by Crippen LogP contribution is -2.33. The van der Waals surface area contributed by atoms with Crippen molar-refractivity contribution in [3.8, 4) is 0 Å². The monoisotopic (exact) mass is 372 g/mol. The maximum Gasteiger partial charge on any atom is 0.473 e. The van der Waals surface area contributed by atoms with E-state index in [9.17, 15) is 9.46 Å². The van der Waals surface area contributed by atoms with E-state index < -0.39 is 13.4 Å². The number of hydrogen-bond donors (Lipinski definition) is 1. The van der Waals surface area contributed by atoms with Crippen LogP contribution in [0.3, 0.4) is 0 Å². The summed E-state index contributed by atoms with van der Waals surface area (Å²) < 4.78 is 22.7. The largest absolute Gasteiger partial charge is 0.473 e. The first-order valence-corrected chi connectivity index (χ1v) is 11.4. The van der Waals surface area contributed by atoms with Crippen LogP contribution in [0.2, 0.25) is 0 Å². The highest BCUT2D eigenvalue weighted by Crippen LogP contribution is 2.50. The SMILES string of the molecule is CCCCCCCCCCCCOP(=O)(O)OC1(C)C=CC=CC1C. The molecular weight excluding hydrogens is 335 g/mol. The van der Waals surface area contributed by atoms with Crippen LogP contribution in [0.4, 0.5) is 0 Å². The van der Waals surface area contributed by atoms with Gasteiger partial charge in [0.1, 0.15) is 5.60 Å². The van der Waals surface area contributed by atoms with Crippen molar-refractivity contribution in [3.05, 3.63) is 24.3 Å². The van der Waals surface area contributed by atoms with Gasteiger partial charge in [0.05, 0.1) is 6.61 Å². The minimum absolute atomic E-state index is 0.0268. The first-order valence-electron chi connectivity index (χ1n) is 9.94. The second kappa shape index (κ2) is 12.1. The van der Waals surface area contributed by atoms with Crippen LogP contribution >= 0.6 is 7.82 Å². The van der Waals surface area contributed by atoms with Gasteiger partial charge in [-0.1, -0.05) is 95.9 Å². The maximum atomic E-state index is 12.1. The average Bonchev–Trinajstić information content (AvgIpc) is 2.55. The Morgan fingerprint density at radius 2 is 1.56 bits per heavy atom. The number of phosphoric acid groups is 1. The normalized spacial score (nSPS) is 25.2. The molecule has 3 atom stereocenters. The van der Waals surface area contributed by atoms with Crippen LogP contribution in [0.25, 0.3) is 0 Å². The molecule has 1 N–H and O–H groups in total. The van der Waals surface area contributed by atoms with E-state index in [1.807, 2.05) is 38.2 Å². The summed E-state index contributed by atoms with van der Waals surface area (Å²) in [5.74, 6) is 0.0268. The van der Waals surface area contributed by atoms with E-state index in [1.165, 1.54) is 44.9 Å². The molecule has 3 unspecified atom stereocenters. The van der Waals surface area contributed by atoms with Gasteiger partial charge in [-0.25, -0.2) is 4.57 Å². The molecule has 0 aliphatic heterocycles. The van der Waals surface area contributed by atoms with E-state index in [1.54, 1.807) is 0 Å². The Labute approximate surface area is 154 Å². The zero-order valence-electron chi connectivity index (χ0n) is 16.3. The molecule has 0 saturated heterocycles. The molecule has 0 bridgehead atoms. The summed E-state index contributed by atoms with van der Waals surface area (Å²) >= 11 is 0. The Morgan fingerprint density at radius 1 is 1.00 bits per heavy atom. The van der Waals surface area contributed by atoms with Gasteiger partial charge in [0.2, 0.25) is 0 Å². The van der Waals surface area contributed by atoms with Crippen molar-refractivity contribution < 1.29 is 18.5 Å². The molecule has 5 heteroatoms. The van der Waals surface area contributed by atoms with Gasteiger partial charge in [0.15, 0.2) is 0 Å². The van der Waals surface area contributed by atoms with Crippen molar-refractivity contribution in [1.82, 2.24) is 0 Å². The van der Waals surface area contributed by atoms with Gasteiger partial charge in [-0.15, -0.1) is 0 Å². The summed E-state index contributed by atoms with van der Waals surface area (Å²) in [4.78, 5) is 9.95. The first-order chi connectivity index (χ1) is 11.9. The lowest BCUT2D eigenvalue weighted by atomic mass is 9.87. The Bertz CT molecular complexity index is 461. The number of phosphoric ester groups is 1. The molecule has 0 amide bonds. The van der Waals surface area contributed by atoms with Crippen LogP contribution in [0.5, 0.6) is 0 Å². The minimum atomic E-state index is -4.03. The third-order valence-corrected chi connectivity index (χ3v) is 6.04. The number of hydrogen-bond acceptors (Lipinski definition) is 3. The molecule has 1 aliphatic rings. The summed E-state index contributed by atoms with van der Waals surface area (Å²) in [6, 6.07) is 0. The number of allylic oxidation sites excluding steroid dienone is 2. The zero-order chi connectivity index (χ0) is 18.6. The van der Waals surface area contributed by atoms with Crippen LogP contribution in [0.15, 0.2) is 24.3 Å². The summed E-state index contributed by atoms with van der Waals surface area (Å²) in [6.07, 6.45) is 19.7. The molecule has 146 valence electrons. The third kappa shape index (κ3) is 9.75. The fourth-order valence-electron chi connectivity index (χ4n) is 2.98. The van der Waals surface area contributed by atoms with Crippen LogP contribution in [0.1, 0.15) is 85.0 Å². The van der Waals surface area contributed by atoms with E-state index in [-0.39, 0.29) is 12.5 Å². The van der Waals surface area contributed by atoms with E-state index in [0.717, 1.165) is 19.3 Å². The Balaban J connectivity index is 2.08. The molecule has 1 rings (SSSR count). The van der Waals surface area contributed by atoms with E-state index in [0.29, 0.717) is 0 Å². The highest BCUT2D eigenvalue weighted by molar-refractivity contribution is 7.47. The molecule has 0 heterocycles. The highest BCUT2D eigenvalue weighted by atomic mass is 31.2. The van der Waals surface area contributed by atoms with Gasteiger partial charge in [0.25, 0.3) is 0 Å². The van der Waals surface area contributed by atoms with Gasteiger partial charge in [-0.3, -0.25) is 9.05 Å². The Hall–Kier alpha value is -0.410. The average molecular weight is 372 g/mol. The van der Waals surface area contributed by atoms with Crippen molar-refractivity contribution in [1.29, 1.82) is 0 Å². The third-order valence-electron chi connectivity index (χ3n) is 4.91. The van der Waals surface area contributed by atoms with Crippen LogP contribution in [-0.4, -0.2) is 17.1 Å². The summed E-state index contributed by atoms with van der Waals surface area (Å²) in [5.41, 5.74) is -0.795. The molecule has 4 nitrogen and oxygen atoms in total. The molecule has 1 aliphatic carbocycles. The van der Waals surface area contributed by atoms with Gasteiger partial charge < -0.3 is 4.89 Å².